The van der Waals surface area contributed by atoms with Gasteiger partial charge in [0.05, 0.1) is 9.16 Å². The average Bonchev–Trinajstić information content (AvgIpc) is 3.39. The van der Waals surface area contributed by atoms with Crippen LogP contribution in [-0.2, 0) is 0 Å². The van der Waals surface area contributed by atoms with Gasteiger partial charge in [0.15, 0.2) is 0 Å². The zero-order chi connectivity index (χ0) is 19.9. The van der Waals surface area contributed by atoms with E-state index in [1.165, 1.54) is 34.1 Å². The molecule has 1 aromatic rings. The molecule has 2 heterocycles. The summed E-state index contributed by atoms with van der Waals surface area (Å²) in [6.07, 6.45) is 0. The van der Waals surface area contributed by atoms with Gasteiger partial charge >= 0.3 is 0 Å². The van der Waals surface area contributed by atoms with Crippen LogP contribution in [0.3, 0.4) is 0 Å². The van der Waals surface area contributed by atoms with Gasteiger partial charge in [0, 0.05) is 55.5 Å². The summed E-state index contributed by atoms with van der Waals surface area (Å²) in [7, 11) is 0. The van der Waals surface area contributed by atoms with Crippen LogP contribution in [0.2, 0.25) is 0 Å². The molecule has 2 aliphatic rings. The lowest BCUT2D eigenvalue weighted by atomic mass is 10.1. The third-order valence-corrected chi connectivity index (χ3v) is 16.2. The fourth-order valence-corrected chi connectivity index (χ4v) is 13.4. The van der Waals surface area contributed by atoms with Crippen LogP contribution >= 0.6 is 95.8 Å². The van der Waals surface area contributed by atoms with Crippen molar-refractivity contribution < 1.29 is 0 Å². The number of thiol groups is 2. The van der Waals surface area contributed by atoms with E-state index >= 15 is 0 Å². The molecule has 2 saturated heterocycles. The molecular formula is C20H30S8. The minimum absolute atomic E-state index is 0.561. The van der Waals surface area contributed by atoms with Gasteiger partial charge in [0.2, 0.25) is 0 Å². The van der Waals surface area contributed by atoms with Crippen molar-refractivity contribution in [3.05, 3.63) is 35.4 Å². The third kappa shape index (κ3) is 7.56. The molecule has 0 spiro atoms. The molecule has 0 amide bonds. The largest absolute Gasteiger partial charge is 0.178 e. The average molecular weight is 527 g/mol. The minimum atomic E-state index is 0.561. The summed E-state index contributed by atoms with van der Waals surface area (Å²) in [5.74, 6) is 7.03. The van der Waals surface area contributed by atoms with E-state index in [0.717, 1.165) is 31.2 Å². The van der Waals surface area contributed by atoms with Gasteiger partial charge in [-0.25, -0.2) is 0 Å². The third-order valence-electron chi connectivity index (χ3n) is 4.85. The van der Waals surface area contributed by atoms with Gasteiger partial charge in [0.1, 0.15) is 0 Å². The topological polar surface area (TPSA) is 0 Å². The van der Waals surface area contributed by atoms with Crippen molar-refractivity contribution in [1.29, 1.82) is 0 Å². The van der Waals surface area contributed by atoms with Crippen LogP contribution in [0, 0.1) is 0 Å². The van der Waals surface area contributed by atoms with Gasteiger partial charge in [-0.1, -0.05) is 24.3 Å². The fourth-order valence-electron chi connectivity index (χ4n) is 3.08. The van der Waals surface area contributed by atoms with Crippen molar-refractivity contribution in [3.8, 4) is 0 Å². The molecule has 0 N–H and O–H groups in total. The van der Waals surface area contributed by atoms with E-state index in [1.54, 1.807) is 0 Å². The molecule has 6 atom stereocenters. The Morgan fingerprint density at radius 1 is 0.893 bits per heavy atom. The fraction of sp³-hybridized carbons (Fsp3) is 0.700. The number of hydrogen-bond acceptors (Lipinski definition) is 8. The Bertz CT molecular complexity index is 550. The van der Waals surface area contributed by atoms with E-state index < -0.39 is 0 Å². The molecule has 0 radical (unpaired) electrons. The smallest absolute Gasteiger partial charge is 0.0596 e. The SMILES string of the molecule is CC(SCC1SCC(CS)S1)c1cccc(C(C)SCC2SCC(CS)S2)c1. The van der Waals surface area contributed by atoms with Crippen molar-refractivity contribution in [1.82, 2.24) is 0 Å². The Kier molecular flexibility index (Phi) is 11.4. The summed E-state index contributed by atoms with van der Waals surface area (Å²) >= 11 is 21.6. The molecule has 2 aliphatic heterocycles. The Balaban J connectivity index is 1.46. The lowest BCUT2D eigenvalue weighted by molar-refractivity contribution is 1.05. The quantitative estimate of drug-likeness (QED) is 0.301. The minimum Gasteiger partial charge on any atom is -0.178 e. The first-order valence-corrected chi connectivity index (χ1v) is 17.0. The van der Waals surface area contributed by atoms with E-state index in [4.69, 9.17) is 0 Å². The van der Waals surface area contributed by atoms with Crippen LogP contribution in [0.1, 0.15) is 35.5 Å². The molecule has 0 aromatic heterocycles. The molecule has 8 heteroatoms. The van der Waals surface area contributed by atoms with Crippen LogP contribution in [0.25, 0.3) is 0 Å². The number of rotatable bonds is 10. The van der Waals surface area contributed by atoms with Crippen LogP contribution in [0.15, 0.2) is 24.3 Å². The summed E-state index contributed by atoms with van der Waals surface area (Å²) in [5.41, 5.74) is 2.96. The van der Waals surface area contributed by atoms with Crippen molar-refractivity contribution in [3.63, 3.8) is 0 Å². The van der Waals surface area contributed by atoms with E-state index in [0.29, 0.717) is 10.5 Å². The highest BCUT2D eigenvalue weighted by molar-refractivity contribution is 8.22. The zero-order valence-electron chi connectivity index (χ0n) is 16.4. The maximum Gasteiger partial charge on any atom is 0.0596 e. The van der Waals surface area contributed by atoms with Gasteiger partial charge in [-0.05, 0) is 25.0 Å². The lowest BCUT2D eigenvalue weighted by Crippen LogP contribution is -2.04. The van der Waals surface area contributed by atoms with Gasteiger partial charge < -0.3 is 0 Å². The summed E-state index contributed by atoms with van der Waals surface area (Å²) in [6.45, 7) is 4.73. The standard InChI is InChI=1S/C20H30S8/c1-13(23-11-19-25-9-17(7-21)27-19)15-4-3-5-16(6-15)14(2)24-12-20-26-10-18(8-22)28-20/h3-6,13-14,17-22H,7-12H2,1-2H3. The maximum absolute atomic E-state index is 4.46. The van der Waals surface area contributed by atoms with Crippen LogP contribution < -0.4 is 0 Å². The van der Waals surface area contributed by atoms with Crippen molar-refractivity contribution in [2.24, 2.45) is 0 Å². The van der Waals surface area contributed by atoms with Gasteiger partial charge in [-0.2, -0.15) is 48.8 Å². The molecule has 158 valence electrons. The first-order valence-electron chi connectivity index (χ1n) is 9.68. The molecule has 3 rings (SSSR count). The van der Waals surface area contributed by atoms with Crippen molar-refractivity contribution in [2.75, 3.05) is 34.5 Å². The van der Waals surface area contributed by atoms with Crippen LogP contribution in [-0.4, -0.2) is 54.2 Å². The highest BCUT2D eigenvalue weighted by Crippen LogP contribution is 2.44. The monoisotopic (exact) mass is 526 g/mol. The molecule has 28 heavy (non-hydrogen) atoms. The molecular weight excluding hydrogens is 497 g/mol. The Morgan fingerprint density at radius 2 is 1.36 bits per heavy atom. The van der Waals surface area contributed by atoms with Gasteiger partial charge in [0.25, 0.3) is 0 Å². The molecule has 0 aliphatic carbocycles. The first-order chi connectivity index (χ1) is 13.6. The highest BCUT2D eigenvalue weighted by Gasteiger charge is 2.26. The number of hydrogen-bond donors (Lipinski definition) is 2. The summed E-state index contributed by atoms with van der Waals surface area (Å²) in [5, 5.41) is 2.61. The second kappa shape index (κ2) is 12.9. The zero-order valence-corrected chi connectivity index (χ0v) is 23.0. The van der Waals surface area contributed by atoms with E-state index in [-0.39, 0.29) is 0 Å². The molecule has 0 bridgehead atoms. The molecule has 0 nitrogen and oxygen atoms in total. The Labute approximate surface area is 208 Å². The normalized spacial score (nSPS) is 29.9. The Morgan fingerprint density at radius 3 is 1.75 bits per heavy atom. The highest BCUT2D eigenvalue weighted by atomic mass is 32.2. The van der Waals surface area contributed by atoms with Crippen molar-refractivity contribution in [2.45, 2.75) is 44.0 Å². The van der Waals surface area contributed by atoms with Crippen LogP contribution in [0.4, 0.5) is 0 Å². The first kappa shape index (κ1) is 24.7. The van der Waals surface area contributed by atoms with E-state index in [2.05, 4.69) is 134 Å². The lowest BCUT2D eigenvalue weighted by Gasteiger charge is -2.18. The molecule has 2 fully saturated rings. The summed E-state index contributed by atoms with van der Waals surface area (Å²) < 4.78 is 1.48. The molecule has 1 aromatic carbocycles. The molecule has 0 saturated carbocycles. The van der Waals surface area contributed by atoms with Crippen molar-refractivity contribution >= 4 is 95.8 Å². The van der Waals surface area contributed by atoms with E-state index in [9.17, 15) is 0 Å². The summed E-state index contributed by atoms with van der Waals surface area (Å²) in [6, 6.07) is 9.32. The molecule has 6 unspecified atom stereocenters. The predicted octanol–water partition coefficient (Wildman–Crippen LogP) is 7.48. The number of thioether (sulfide) groups is 6. The second-order valence-corrected chi connectivity index (χ2v) is 16.6. The Hall–Kier alpha value is 2.02. The summed E-state index contributed by atoms with van der Waals surface area (Å²) in [4.78, 5) is 0. The second-order valence-electron chi connectivity index (χ2n) is 7.03. The van der Waals surface area contributed by atoms with E-state index in [1.807, 2.05) is 0 Å². The van der Waals surface area contributed by atoms with Gasteiger partial charge in [-0.3, -0.25) is 0 Å². The maximum atomic E-state index is 4.46. The number of benzene rings is 1. The van der Waals surface area contributed by atoms with Crippen LogP contribution in [0.5, 0.6) is 0 Å². The predicted molar refractivity (Wildman–Crippen MR) is 151 cm³/mol. The van der Waals surface area contributed by atoms with Gasteiger partial charge in [-0.15, -0.1) is 47.0 Å².